The van der Waals surface area contributed by atoms with Crippen molar-refractivity contribution in [3.8, 4) is 11.5 Å². The summed E-state index contributed by atoms with van der Waals surface area (Å²) in [5, 5.41) is 13.4. The quantitative estimate of drug-likeness (QED) is 0.268. The molecule has 2 aromatic heterocycles. The van der Waals surface area contributed by atoms with Crippen LogP contribution in [0.15, 0.2) is 63.8 Å². The van der Waals surface area contributed by atoms with Gasteiger partial charge in [0, 0.05) is 16.7 Å². The number of rotatable bonds is 9. The van der Waals surface area contributed by atoms with Crippen LogP contribution in [0.2, 0.25) is 0 Å². The third-order valence-electron chi connectivity index (χ3n) is 4.12. The highest BCUT2D eigenvalue weighted by Crippen LogP contribution is 2.31. The van der Waals surface area contributed by atoms with E-state index in [-0.39, 0.29) is 5.91 Å². The molecule has 2 heterocycles. The molecule has 0 bridgehead atoms. The van der Waals surface area contributed by atoms with Gasteiger partial charge in [-0.15, -0.1) is 21.5 Å². The molecule has 0 radical (unpaired) electrons. The van der Waals surface area contributed by atoms with Crippen LogP contribution in [0.5, 0.6) is 11.5 Å². The van der Waals surface area contributed by atoms with Gasteiger partial charge in [0.15, 0.2) is 15.8 Å². The molecule has 1 N–H and O–H groups in total. The van der Waals surface area contributed by atoms with Crippen LogP contribution in [0, 0.1) is 0 Å². The summed E-state index contributed by atoms with van der Waals surface area (Å²) in [4.78, 5) is 16.8. The molecule has 4 rings (SSSR count). The van der Waals surface area contributed by atoms with Crippen LogP contribution in [0.25, 0.3) is 0 Å². The van der Waals surface area contributed by atoms with Crippen molar-refractivity contribution in [3.05, 3.63) is 76.2 Å². The van der Waals surface area contributed by atoms with Crippen LogP contribution in [-0.2, 0) is 12.4 Å². The first kappa shape index (κ1) is 21.3. The number of methoxy groups -OCH3 is 1. The van der Waals surface area contributed by atoms with Crippen molar-refractivity contribution < 1.29 is 14.3 Å². The maximum Gasteiger partial charge on any atom is 0.257 e. The van der Waals surface area contributed by atoms with Crippen LogP contribution in [0.4, 0.5) is 5.13 Å². The van der Waals surface area contributed by atoms with Crippen LogP contribution in [-0.4, -0.2) is 28.2 Å². The summed E-state index contributed by atoms with van der Waals surface area (Å²) in [5.74, 6) is 1.52. The molecule has 0 aliphatic heterocycles. The van der Waals surface area contributed by atoms with Gasteiger partial charge in [-0.05, 0) is 23.8 Å². The molecular weight excluding hydrogens is 452 g/mol. The minimum atomic E-state index is -0.292. The molecule has 0 unspecified atom stereocenters. The minimum absolute atomic E-state index is 0.292. The van der Waals surface area contributed by atoms with E-state index in [1.165, 1.54) is 35.3 Å². The first-order chi connectivity index (χ1) is 15.2. The van der Waals surface area contributed by atoms with E-state index in [4.69, 9.17) is 9.47 Å². The Labute approximate surface area is 191 Å². The summed E-state index contributed by atoms with van der Waals surface area (Å²) in [6, 6.07) is 15.2. The maximum atomic E-state index is 12.6. The van der Waals surface area contributed by atoms with Gasteiger partial charge in [-0.25, -0.2) is 4.98 Å². The number of anilines is 1. The highest BCUT2D eigenvalue weighted by molar-refractivity contribution is 8.00. The van der Waals surface area contributed by atoms with Gasteiger partial charge >= 0.3 is 0 Å². The fourth-order valence-corrected chi connectivity index (χ4v) is 4.84. The lowest BCUT2D eigenvalue weighted by Crippen LogP contribution is -2.12. The predicted molar refractivity (Wildman–Crippen MR) is 123 cm³/mol. The van der Waals surface area contributed by atoms with Crippen molar-refractivity contribution >= 4 is 45.5 Å². The van der Waals surface area contributed by atoms with E-state index in [9.17, 15) is 4.79 Å². The summed E-state index contributed by atoms with van der Waals surface area (Å²) in [5.41, 5.74) is 4.23. The number of hydrogen-bond donors (Lipinski definition) is 1. The minimum Gasteiger partial charge on any atom is -0.493 e. The van der Waals surface area contributed by atoms with Crippen molar-refractivity contribution in [2.45, 2.75) is 16.7 Å². The molecule has 0 saturated carbocycles. The van der Waals surface area contributed by atoms with Gasteiger partial charge in [-0.2, -0.15) is 0 Å². The lowest BCUT2D eigenvalue weighted by atomic mass is 10.2. The zero-order chi connectivity index (χ0) is 21.5. The summed E-state index contributed by atoms with van der Waals surface area (Å²) in [6.07, 6.45) is 0. The molecule has 10 heteroatoms. The Bertz CT molecular complexity index is 1130. The van der Waals surface area contributed by atoms with E-state index in [0.29, 0.717) is 28.8 Å². The Balaban J connectivity index is 1.36. The molecule has 0 saturated heterocycles. The van der Waals surface area contributed by atoms with E-state index >= 15 is 0 Å². The molecule has 7 nitrogen and oxygen atoms in total. The molecule has 4 aromatic rings. The van der Waals surface area contributed by atoms with Crippen LogP contribution in [0.3, 0.4) is 0 Å². The highest BCUT2D eigenvalue weighted by atomic mass is 32.2. The number of thioether (sulfide) groups is 1. The number of aromatic nitrogens is 3. The van der Waals surface area contributed by atoms with E-state index < -0.39 is 0 Å². The largest absolute Gasteiger partial charge is 0.493 e. The Kier molecular flexibility index (Phi) is 7.13. The van der Waals surface area contributed by atoms with Crippen molar-refractivity contribution in [1.82, 2.24) is 15.2 Å². The predicted octanol–water partition coefficient (Wildman–Crippen LogP) is 5.13. The molecule has 2 aromatic carbocycles. The van der Waals surface area contributed by atoms with Crippen LogP contribution >= 0.6 is 34.4 Å². The third-order valence-corrected chi connectivity index (χ3v) is 6.80. The highest BCUT2D eigenvalue weighted by Gasteiger charge is 2.14. The molecule has 1 amide bonds. The van der Waals surface area contributed by atoms with Gasteiger partial charge in [0.25, 0.3) is 5.91 Å². The zero-order valence-corrected chi connectivity index (χ0v) is 18.9. The standard InChI is InChI=1S/C21H18N4O3S3/c1-27-18-9-15(7-8-17(18)28-10-16-12-29-13-22-16)19(26)23-20-24-25-21(31-20)30-11-14-5-3-2-4-6-14/h2-9,12-13H,10-11H2,1H3,(H,23,24,26). The van der Waals surface area contributed by atoms with Gasteiger partial charge in [0.05, 0.1) is 18.3 Å². The molecule has 0 fully saturated rings. The molecule has 0 atom stereocenters. The number of thiazole rings is 1. The SMILES string of the molecule is COc1cc(C(=O)Nc2nnc(SCc3ccccc3)s2)ccc1OCc1cscn1. The number of carbonyl (C=O) groups is 1. The average molecular weight is 471 g/mol. The van der Waals surface area contributed by atoms with E-state index in [0.717, 1.165) is 15.8 Å². The summed E-state index contributed by atoms with van der Waals surface area (Å²) >= 11 is 4.43. The van der Waals surface area contributed by atoms with Crippen molar-refractivity contribution in [1.29, 1.82) is 0 Å². The fraction of sp³-hybridized carbons (Fsp3) is 0.143. The Hall–Kier alpha value is -2.95. The monoisotopic (exact) mass is 470 g/mol. The molecule has 0 aliphatic carbocycles. The topological polar surface area (TPSA) is 86.2 Å². The van der Waals surface area contributed by atoms with E-state index in [1.807, 2.05) is 23.6 Å². The Morgan fingerprint density at radius 2 is 2.00 bits per heavy atom. The summed E-state index contributed by atoms with van der Waals surface area (Å²) < 4.78 is 11.9. The first-order valence-corrected chi connectivity index (χ1v) is 12.0. The van der Waals surface area contributed by atoms with Gasteiger partial charge in [-0.3, -0.25) is 10.1 Å². The van der Waals surface area contributed by atoms with Crippen LogP contribution < -0.4 is 14.8 Å². The number of nitrogens with one attached hydrogen (secondary N) is 1. The van der Waals surface area contributed by atoms with Crippen molar-refractivity contribution in [3.63, 3.8) is 0 Å². The average Bonchev–Trinajstić information content (AvgIpc) is 3.49. The second-order valence-corrected chi connectivity index (χ2v) is 9.15. The third kappa shape index (κ3) is 5.81. The maximum absolute atomic E-state index is 12.6. The number of hydrogen-bond acceptors (Lipinski definition) is 9. The van der Waals surface area contributed by atoms with Gasteiger partial charge in [-0.1, -0.05) is 53.4 Å². The van der Waals surface area contributed by atoms with Gasteiger partial charge in [0.2, 0.25) is 5.13 Å². The Morgan fingerprint density at radius 1 is 1.13 bits per heavy atom. The van der Waals surface area contributed by atoms with E-state index in [1.54, 1.807) is 35.5 Å². The van der Waals surface area contributed by atoms with E-state index in [2.05, 4.69) is 32.6 Å². The number of nitrogens with zero attached hydrogens (tertiary/aromatic N) is 3. The molecule has 0 aliphatic rings. The second kappa shape index (κ2) is 10.4. The second-order valence-electron chi connectivity index (χ2n) is 6.24. The lowest BCUT2D eigenvalue weighted by molar-refractivity contribution is 0.102. The van der Waals surface area contributed by atoms with Crippen LogP contribution in [0.1, 0.15) is 21.6 Å². The number of ether oxygens (including phenoxy) is 2. The first-order valence-electron chi connectivity index (χ1n) is 9.21. The van der Waals surface area contributed by atoms with Crippen molar-refractivity contribution in [2.75, 3.05) is 12.4 Å². The lowest BCUT2D eigenvalue weighted by Gasteiger charge is -2.11. The fourth-order valence-electron chi connectivity index (χ4n) is 2.60. The van der Waals surface area contributed by atoms with Crippen molar-refractivity contribution in [2.24, 2.45) is 0 Å². The smallest absolute Gasteiger partial charge is 0.257 e. The summed E-state index contributed by atoms with van der Waals surface area (Å²) in [6.45, 7) is 0.333. The molecular formula is C21H18N4O3S3. The Morgan fingerprint density at radius 3 is 2.77 bits per heavy atom. The van der Waals surface area contributed by atoms with Gasteiger partial charge < -0.3 is 9.47 Å². The summed E-state index contributed by atoms with van der Waals surface area (Å²) in [7, 11) is 1.54. The molecule has 0 spiro atoms. The number of amides is 1. The number of benzene rings is 2. The zero-order valence-electron chi connectivity index (χ0n) is 16.5. The molecule has 158 valence electrons. The number of carbonyl (C=O) groups excluding carboxylic acids is 1. The normalized spacial score (nSPS) is 10.6. The molecule has 31 heavy (non-hydrogen) atoms. The van der Waals surface area contributed by atoms with Gasteiger partial charge in [0.1, 0.15) is 6.61 Å².